The van der Waals surface area contributed by atoms with Crippen LogP contribution in [-0.2, 0) is 10.2 Å². The van der Waals surface area contributed by atoms with Gasteiger partial charge in [-0.3, -0.25) is 9.59 Å². The first-order valence-corrected chi connectivity index (χ1v) is 10.4. The molecule has 7 heteroatoms. The third-order valence-corrected chi connectivity index (χ3v) is 6.14. The van der Waals surface area contributed by atoms with Crippen molar-refractivity contribution < 1.29 is 18.4 Å². The molecule has 2 amide bonds. The molecule has 2 aromatic carbocycles. The highest BCUT2D eigenvalue weighted by atomic mass is 79.9. The van der Waals surface area contributed by atoms with Crippen LogP contribution in [0, 0.1) is 11.6 Å². The molecule has 0 unspecified atom stereocenters. The number of nitrogens with one attached hydrogen (secondary N) is 2. The molecule has 0 radical (unpaired) electrons. The molecule has 29 heavy (non-hydrogen) atoms. The van der Waals surface area contributed by atoms with E-state index in [0.717, 1.165) is 37.3 Å². The van der Waals surface area contributed by atoms with Crippen LogP contribution in [0.4, 0.5) is 8.78 Å². The summed E-state index contributed by atoms with van der Waals surface area (Å²) in [6, 6.07) is 10.4. The van der Waals surface area contributed by atoms with E-state index in [-0.39, 0.29) is 35.7 Å². The summed E-state index contributed by atoms with van der Waals surface area (Å²) in [5, 5.41) is 5.59. The number of halogens is 3. The van der Waals surface area contributed by atoms with Gasteiger partial charge in [0.2, 0.25) is 5.91 Å². The van der Waals surface area contributed by atoms with E-state index in [9.17, 15) is 18.4 Å². The van der Waals surface area contributed by atoms with Crippen LogP contribution >= 0.6 is 15.9 Å². The third-order valence-electron chi connectivity index (χ3n) is 5.45. The van der Waals surface area contributed by atoms with Crippen molar-refractivity contribution in [2.45, 2.75) is 37.5 Å². The molecule has 1 aliphatic carbocycles. The molecule has 1 saturated carbocycles. The number of carbonyl (C=O) groups excluding carboxylic acids is 2. The standard InChI is InChI=1S/C22H23BrF2N2O2/c23-19-8-7-17(25)13-18(19)21(29)26-12-9-20(28)27-14-22(10-1-2-11-22)15-3-5-16(24)6-4-15/h3-8,13H,1-2,9-12,14H2,(H,26,29)(H,27,28). The number of hydrogen-bond donors (Lipinski definition) is 2. The summed E-state index contributed by atoms with van der Waals surface area (Å²) in [5.41, 5.74) is 1.06. The molecule has 0 saturated heterocycles. The van der Waals surface area contributed by atoms with Gasteiger partial charge < -0.3 is 10.6 Å². The molecule has 1 aliphatic rings. The lowest BCUT2D eigenvalue weighted by Gasteiger charge is -2.30. The maximum absolute atomic E-state index is 13.3. The quantitative estimate of drug-likeness (QED) is 0.634. The largest absolute Gasteiger partial charge is 0.355 e. The molecule has 1 fully saturated rings. The maximum Gasteiger partial charge on any atom is 0.252 e. The Kier molecular flexibility index (Phi) is 7.00. The summed E-state index contributed by atoms with van der Waals surface area (Å²) >= 11 is 3.22. The minimum atomic E-state index is -0.501. The van der Waals surface area contributed by atoms with E-state index >= 15 is 0 Å². The van der Waals surface area contributed by atoms with Gasteiger partial charge in [0, 0.05) is 29.4 Å². The smallest absolute Gasteiger partial charge is 0.252 e. The Balaban J connectivity index is 1.50. The summed E-state index contributed by atoms with van der Waals surface area (Å²) in [6.45, 7) is 0.637. The first-order valence-electron chi connectivity index (χ1n) is 9.66. The topological polar surface area (TPSA) is 58.2 Å². The summed E-state index contributed by atoms with van der Waals surface area (Å²) in [4.78, 5) is 24.4. The van der Waals surface area contributed by atoms with Gasteiger partial charge in [-0.1, -0.05) is 25.0 Å². The summed E-state index contributed by atoms with van der Waals surface area (Å²) in [6.07, 6.45) is 4.17. The molecular formula is C22H23BrF2N2O2. The molecule has 0 aromatic heterocycles. The van der Waals surface area contributed by atoms with E-state index in [0.29, 0.717) is 11.0 Å². The lowest BCUT2D eigenvalue weighted by Crippen LogP contribution is -2.40. The minimum absolute atomic E-state index is 0.123. The second-order valence-electron chi connectivity index (χ2n) is 7.40. The van der Waals surface area contributed by atoms with Gasteiger partial charge in [-0.25, -0.2) is 8.78 Å². The fourth-order valence-corrected chi connectivity index (χ4v) is 4.26. The Bertz CT molecular complexity index is 881. The minimum Gasteiger partial charge on any atom is -0.355 e. The summed E-state index contributed by atoms with van der Waals surface area (Å²) < 4.78 is 27.1. The van der Waals surface area contributed by atoms with Crippen LogP contribution in [-0.4, -0.2) is 24.9 Å². The van der Waals surface area contributed by atoms with E-state index in [2.05, 4.69) is 26.6 Å². The number of rotatable bonds is 7. The number of amides is 2. The Labute approximate surface area is 177 Å². The zero-order chi connectivity index (χ0) is 20.9. The molecule has 0 spiro atoms. The fourth-order valence-electron chi connectivity index (χ4n) is 3.84. The van der Waals surface area contributed by atoms with Gasteiger partial charge in [0.15, 0.2) is 0 Å². The molecular weight excluding hydrogens is 442 g/mol. The second kappa shape index (κ2) is 9.48. The summed E-state index contributed by atoms with van der Waals surface area (Å²) in [7, 11) is 0. The second-order valence-corrected chi connectivity index (χ2v) is 8.26. The normalized spacial score (nSPS) is 15.1. The van der Waals surface area contributed by atoms with Gasteiger partial charge in [0.1, 0.15) is 11.6 Å². The Morgan fingerprint density at radius 2 is 1.62 bits per heavy atom. The van der Waals surface area contributed by atoms with Gasteiger partial charge in [0.05, 0.1) is 5.56 Å². The van der Waals surface area contributed by atoms with E-state index < -0.39 is 11.7 Å². The van der Waals surface area contributed by atoms with E-state index in [1.807, 2.05) is 0 Å². The Hall–Kier alpha value is -2.28. The zero-order valence-corrected chi connectivity index (χ0v) is 17.5. The number of carbonyl (C=O) groups is 2. The first kappa shape index (κ1) is 21.4. The molecule has 2 aromatic rings. The lowest BCUT2D eigenvalue weighted by atomic mass is 9.79. The maximum atomic E-state index is 13.3. The third kappa shape index (κ3) is 5.41. The van der Waals surface area contributed by atoms with Crippen molar-refractivity contribution in [1.29, 1.82) is 0 Å². The van der Waals surface area contributed by atoms with Crippen molar-refractivity contribution >= 4 is 27.7 Å². The van der Waals surface area contributed by atoms with Crippen LogP contribution in [0.25, 0.3) is 0 Å². The van der Waals surface area contributed by atoms with Crippen LogP contribution in [0.3, 0.4) is 0 Å². The Morgan fingerprint density at radius 3 is 2.31 bits per heavy atom. The molecule has 0 heterocycles. The summed E-state index contributed by atoms with van der Waals surface area (Å²) in [5.74, 6) is -1.38. The average Bonchev–Trinajstić information content (AvgIpc) is 3.19. The van der Waals surface area contributed by atoms with Crippen molar-refractivity contribution in [3.05, 3.63) is 69.7 Å². The van der Waals surface area contributed by atoms with E-state index in [4.69, 9.17) is 0 Å². The highest BCUT2D eigenvalue weighted by molar-refractivity contribution is 9.10. The van der Waals surface area contributed by atoms with Crippen molar-refractivity contribution in [2.24, 2.45) is 0 Å². The van der Waals surface area contributed by atoms with Gasteiger partial charge in [-0.2, -0.15) is 0 Å². The monoisotopic (exact) mass is 464 g/mol. The molecule has 2 N–H and O–H groups in total. The van der Waals surface area contributed by atoms with Crippen molar-refractivity contribution in [1.82, 2.24) is 10.6 Å². The highest BCUT2D eigenvalue weighted by Gasteiger charge is 2.35. The van der Waals surface area contributed by atoms with Crippen molar-refractivity contribution in [3.8, 4) is 0 Å². The number of benzene rings is 2. The Morgan fingerprint density at radius 1 is 0.966 bits per heavy atom. The van der Waals surface area contributed by atoms with Gasteiger partial charge in [-0.15, -0.1) is 0 Å². The van der Waals surface area contributed by atoms with Gasteiger partial charge in [0.25, 0.3) is 5.91 Å². The van der Waals surface area contributed by atoms with E-state index in [1.165, 1.54) is 24.3 Å². The predicted molar refractivity (Wildman–Crippen MR) is 111 cm³/mol. The zero-order valence-electron chi connectivity index (χ0n) is 15.9. The lowest BCUT2D eigenvalue weighted by molar-refractivity contribution is -0.121. The molecule has 3 rings (SSSR count). The average molecular weight is 465 g/mol. The van der Waals surface area contributed by atoms with E-state index in [1.54, 1.807) is 12.1 Å². The molecule has 154 valence electrons. The highest BCUT2D eigenvalue weighted by Crippen LogP contribution is 2.40. The van der Waals surface area contributed by atoms with Crippen LogP contribution in [0.15, 0.2) is 46.9 Å². The fraction of sp³-hybridized carbons (Fsp3) is 0.364. The van der Waals surface area contributed by atoms with Gasteiger partial charge >= 0.3 is 0 Å². The van der Waals surface area contributed by atoms with Crippen molar-refractivity contribution in [3.63, 3.8) is 0 Å². The molecule has 4 nitrogen and oxygen atoms in total. The van der Waals surface area contributed by atoms with Crippen molar-refractivity contribution in [2.75, 3.05) is 13.1 Å². The molecule has 0 atom stereocenters. The molecule has 0 aliphatic heterocycles. The first-order chi connectivity index (χ1) is 13.9. The van der Waals surface area contributed by atoms with Crippen LogP contribution in [0.1, 0.15) is 48.0 Å². The molecule has 0 bridgehead atoms. The van der Waals surface area contributed by atoms with Gasteiger partial charge in [-0.05, 0) is 64.7 Å². The predicted octanol–water partition coefficient (Wildman–Crippen LogP) is 4.48. The van der Waals surface area contributed by atoms with Crippen LogP contribution in [0.5, 0.6) is 0 Å². The van der Waals surface area contributed by atoms with Crippen LogP contribution < -0.4 is 10.6 Å². The number of hydrogen-bond acceptors (Lipinski definition) is 2. The van der Waals surface area contributed by atoms with Crippen LogP contribution in [0.2, 0.25) is 0 Å². The SMILES string of the molecule is O=C(CCNC(=O)c1cc(F)ccc1Br)NCC1(c2ccc(F)cc2)CCCC1.